The van der Waals surface area contributed by atoms with Crippen molar-refractivity contribution in [3.63, 3.8) is 0 Å². The van der Waals surface area contributed by atoms with Gasteiger partial charge in [0.05, 0.1) is 5.69 Å². The molecule has 1 N–H and O–H groups in total. The van der Waals surface area contributed by atoms with E-state index in [1.807, 2.05) is 12.1 Å². The Hall–Kier alpha value is -3.19. The van der Waals surface area contributed by atoms with Crippen molar-refractivity contribution in [2.75, 3.05) is 5.32 Å². The lowest BCUT2D eigenvalue weighted by molar-refractivity contribution is -0.148. The van der Waals surface area contributed by atoms with Gasteiger partial charge < -0.3 is 10.1 Å². The quantitative estimate of drug-likeness (QED) is 0.535. The van der Waals surface area contributed by atoms with Gasteiger partial charge in [-0.3, -0.25) is 9.20 Å². The van der Waals surface area contributed by atoms with Crippen LogP contribution in [0.25, 0.3) is 11.7 Å². The molecule has 0 aliphatic rings. The molecular formula is C19H15ClFN3O3. The molecule has 27 heavy (non-hydrogen) atoms. The van der Waals surface area contributed by atoms with Crippen molar-refractivity contribution >= 4 is 40.9 Å². The topological polar surface area (TPSA) is 72.7 Å². The molecule has 6 nitrogen and oxygen atoms in total. The van der Waals surface area contributed by atoms with Crippen molar-refractivity contribution in [3.05, 3.63) is 71.4 Å². The highest BCUT2D eigenvalue weighted by atomic mass is 35.5. The van der Waals surface area contributed by atoms with Gasteiger partial charge in [0.1, 0.15) is 11.5 Å². The summed E-state index contributed by atoms with van der Waals surface area (Å²) in [5, 5.41) is 2.78. The highest BCUT2D eigenvalue weighted by Crippen LogP contribution is 2.19. The number of benzene rings is 1. The van der Waals surface area contributed by atoms with E-state index < -0.39 is 23.8 Å². The van der Waals surface area contributed by atoms with Gasteiger partial charge in [-0.15, -0.1) is 0 Å². The van der Waals surface area contributed by atoms with Crippen LogP contribution in [0, 0.1) is 5.82 Å². The third-order valence-corrected chi connectivity index (χ3v) is 3.95. The number of anilines is 1. The third-order valence-electron chi connectivity index (χ3n) is 3.67. The lowest BCUT2D eigenvalue weighted by Gasteiger charge is -2.12. The Balaban J connectivity index is 1.62. The number of esters is 1. The van der Waals surface area contributed by atoms with Crippen LogP contribution in [0.5, 0.6) is 0 Å². The number of carbonyl (C=O) groups excluding carboxylic acids is 2. The van der Waals surface area contributed by atoms with Gasteiger partial charge in [0, 0.05) is 18.0 Å². The van der Waals surface area contributed by atoms with Gasteiger partial charge in [-0.1, -0.05) is 17.7 Å². The van der Waals surface area contributed by atoms with Gasteiger partial charge in [0.2, 0.25) is 0 Å². The van der Waals surface area contributed by atoms with Crippen molar-refractivity contribution in [2.24, 2.45) is 0 Å². The standard InChI is InChI=1S/C19H15ClFN3O3/c1-12(19(26)22-14-7-5-13(21)6-8-14)27-17(25)10-9-15-18(20)23-16-4-2-3-11-24(15)16/h2-12H,1H3,(H,22,26)/b10-9+/t12-/m1/s1. The number of nitrogens with one attached hydrogen (secondary N) is 1. The van der Waals surface area contributed by atoms with Gasteiger partial charge in [0.25, 0.3) is 5.91 Å². The van der Waals surface area contributed by atoms with Crippen LogP contribution in [-0.4, -0.2) is 27.4 Å². The number of amides is 1. The molecule has 0 spiro atoms. The molecule has 0 bridgehead atoms. The van der Waals surface area contributed by atoms with Crippen molar-refractivity contribution in [3.8, 4) is 0 Å². The van der Waals surface area contributed by atoms with Crippen LogP contribution < -0.4 is 5.32 Å². The number of rotatable bonds is 5. The highest BCUT2D eigenvalue weighted by Gasteiger charge is 2.17. The summed E-state index contributed by atoms with van der Waals surface area (Å²) in [7, 11) is 0. The number of imidazole rings is 1. The Kier molecular flexibility index (Phi) is 5.52. The van der Waals surface area contributed by atoms with Crippen LogP contribution in [0.15, 0.2) is 54.7 Å². The molecule has 0 saturated carbocycles. The molecule has 0 saturated heterocycles. The van der Waals surface area contributed by atoms with E-state index in [1.165, 1.54) is 43.3 Å². The number of fused-ring (bicyclic) bond motifs is 1. The summed E-state index contributed by atoms with van der Waals surface area (Å²) in [6, 6.07) is 10.7. The number of halogens is 2. The van der Waals surface area contributed by atoms with Crippen LogP contribution in [0.1, 0.15) is 12.6 Å². The second-order valence-corrected chi connectivity index (χ2v) is 5.98. The minimum absolute atomic E-state index is 0.243. The van der Waals surface area contributed by atoms with Crippen molar-refractivity contribution in [1.29, 1.82) is 0 Å². The van der Waals surface area contributed by atoms with Crippen molar-refractivity contribution < 1.29 is 18.7 Å². The number of ether oxygens (including phenoxy) is 1. The van der Waals surface area contributed by atoms with Gasteiger partial charge >= 0.3 is 5.97 Å². The normalized spacial score (nSPS) is 12.3. The second-order valence-electron chi connectivity index (χ2n) is 5.63. The van der Waals surface area contributed by atoms with Gasteiger partial charge in [-0.25, -0.2) is 14.2 Å². The summed E-state index contributed by atoms with van der Waals surface area (Å²) in [6.45, 7) is 1.44. The molecular weight excluding hydrogens is 373 g/mol. The molecule has 2 aromatic heterocycles. The average Bonchev–Trinajstić information content (AvgIpc) is 2.97. The lowest BCUT2D eigenvalue weighted by Crippen LogP contribution is -2.29. The fraction of sp³-hybridized carbons (Fsp3) is 0.105. The molecule has 0 fully saturated rings. The molecule has 3 rings (SSSR count). The first kappa shape index (κ1) is 18.6. The summed E-state index contributed by atoms with van der Waals surface area (Å²) in [5.41, 5.74) is 1.56. The average molecular weight is 388 g/mol. The Labute approximate surface area is 159 Å². The number of carbonyl (C=O) groups is 2. The summed E-state index contributed by atoms with van der Waals surface area (Å²) < 4.78 is 19.7. The summed E-state index contributed by atoms with van der Waals surface area (Å²) in [6.07, 6.45) is 3.36. The number of aromatic nitrogens is 2. The number of pyridine rings is 1. The summed E-state index contributed by atoms with van der Waals surface area (Å²) in [5.74, 6) is -1.65. The lowest BCUT2D eigenvalue weighted by atomic mass is 10.3. The minimum atomic E-state index is -1.04. The van der Waals surface area contributed by atoms with Crippen molar-refractivity contribution in [2.45, 2.75) is 13.0 Å². The minimum Gasteiger partial charge on any atom is -0.449 e. The highest BCUT2D eigenvalue weighted by molar-refractivity contribution is 6.31. The Bertz CT molecular complexity index is 1010. The number of hydrogen-bond acceptors (Lipinski definition) is 4. The maximum atomic E-state index is 12.9. The fourth-order valence-corrected chi connectivity index (χ4v) is 2.57. The maximum absolute atomic E-state index is 12.9. The van der Waals surface area contributed by atoms with E-state index in [1.54, 1.807) is 16.7 Å². The van der Waals surface area contributed by atoms with Crippen LogP contribution in [0.2, 0.25) is 5.15 Å². The molecule has 0 radical (unpaired) electrons. The van der Waals surface area contributed by atoms with E-state index in [2.05, 4.69) is 10.3 Å². The van der Waals surface area contributed by atoms with Gasteiger partial charge in [-0.05, 0) is 49.4 Å². The molecule has 0 aliphatic carbocycles. The largest absolute Gasteiger partial charge is 0.449 e. The zero-order valence-electron chi connectivity index (χ0n) is 14.2. The molecule has 1 amide bonds. The van der Waals surface area contributed by atoms with E-state index in [9.17, 15) is 14.0 Å². The Morgan fingerprint density at radius 1 is 1.26 bits per heavy atom. The zero-order valence-corrected chi connectivity index (χ0v) is 15.0. The Morgan fingerprint density at radius 3 is 2.74 bits per heavy atom. The first-order valence-corrected chi connectivity index (χ1v) is 8.39. The Morgan fingerprint density at radius 2 is 2.00 bits per heavy atom. The molecule has 2 heterocycles. The second kappa shape index (κ2) is 8.01. The molecule has 3 aromatic rings. The van der Waals surface area contributed by atoms with Gasteiger partial charge in [0.15, 0.2) is 11.3 Å². The van der Waals surface area contributed by atoms with Crippen LogP contribution in [0.4, 0.5) is 10.1 Å². The molecule has 0 unspecified atom stereocenters. The van der Waals surface area contributed by atoms with Crippen molar-refractivity contribution in [1.82, 2.24) is 9.38 Å². The van der Waals surface area contributed by atoms with E-state index >= 15 is 0 Å². The third kappa shape index (κ3) is 4.51. The predicted molar refractivity (Wildman–Crippen MR) is 99.8 cm³/mol. The molecule has 138 valence electrons. The first-order chi connectivity index (χ1) is 12.9. The number of nitrogens with zero attached hydrogens (tertiary/aromatic N) is 2. The monoisotopic (exact) mass is 387 g/mol. The molecule has 1 atom stereocenters. The van der Waals surface area contributed by atoms with Crippen LogP contribution >= 0.6 is 11.6 Å². The smallest absolute Gasteiger partial charge is 0.331 e. The fourth-order valence-electron chi connectivity index (χ4n) is 2.33. The molecule has 0 aliphatic heterocycles. The van der Waals surface area contributed by atoms with E-state index in [0.29, 0.717) is 17.0 Å². The predicted octanol–water partition coefficient (Wildman–Crippen LogP) is 3.71. The van der Waals surface area contributed by atoms with E-state index in [0.717, 1.165) is 0 Å². The SMILES string of the molecule is C[C@@H](OC(=O)/C=C/c1c(Cl)nc2ccccn12)C(=O)Nc1ccc(F)cc1. The van der Waals surface area contributed by atoms with Crippen LogP contribution in [-0.2, 0) is 14.3 Å². The maximum Gasteiger partial charge on any atom is 0.331 e. The number of hydrogen-bond donors (Lipinski definition) is 1. The first-order valence-electron chi connectivity index (χ1n) is 8.02. The van der Waals surface area contributed by atoms with Crippen LogP contribution in [0.3, 0.4) is 0 Å². The van der Waals surface area contributed by atoms with E-state index in [-0.39, 0.29) is 5.15 Å². The van der Waals surface area contributed by atoms with E-state index in [4.69, 9.17) is 16.3 Å². The van der Waals surface area contributed by atoms with Gasteiger partial charge in [-0.2, -0.15) is 0 Å². The zero-order chi connectivity index (χ0) is 19.4. The molecule has 8 heteroatoms. The summed E-state index contributed by atoms with van der Waals surface area (Å²) >= 11 is 6.08. The summed E-state index contributed by atoms with van der Waals surface area (Å²) in [4.78, 5) is 28.2. The molecule has 1 aromatic carbocycles.